The zero-order valence-corrected chi connectivity index (χ0v) is 17.1. The molecule has 1 unspecified atom stereocenters. The number of likely N-dealkylation sites (N-methyl/N-ethyl adjacent to an activating group) is 2. The summed E-state index contributed by atoms with van der Waals surface area (Å²) < 4.78 is 12.5. The number of ether oxygens (including phenoxy) is 2. The van der Waals surface area contributed by atoms with Crippen LogP contribution in [0, 0.1) is 10.8 Å². The lowest BCUT2D eigenvalue weighted by Gasteiger charge is -2.42. The van der Waals surface area contributed by atoms with E-state index in [1.54, 1.807) is 0 Å². The number of nitrogens with zero attached hydrogens (tertiary/aromatic N) is 2. The number of hydrogen-bond donors (Lipinski definition) is 0. The minimum absolute atomic E-state index is 0.248. The summed E-state index contributed by atoms with van der Waals surface area (Å²) in [7, 11) is 4.43. The molecule has 0 aromatic rings. The highest BCUT2D eigenvalue weighted by atomic mass is 16.5. The van der Waals surface area contributed by atoms with Gasteiger partial charge in [-0.25, -0.2) is 0 Å². The average Bonchev–Trinajstić information content (AvgIpc) is 2.33. The summed E-state index contributed by atoms with van der Waals surface area (Å²) in [6.07, 6.45) is 4.43. The van der Waals surface area contributed by atoms with Gasteiger partial charge in [-0.2, -0.15) is 0 Å². The van der Waals surface area contributed by atoms with E-state index in [4.69, 9.17) is 9.47 Å². The van der Waals surface area contributed by atoms with Crippen molar-refractivity contribution in [2.45, 2.75) is 72.2 Å². The Morgan fingerprint density at radius 1 is 0.792 bits per heavy atom. The fraction of sp³-hybridized carbons (Fsp3) is 1.00. The lowest BCUT2D eigenvalue weighted by Crippen LogP contribution is -2.48. The van der Waals surface area contributed by atoms with E-state index in [-0.39, 0.29) is 5.41 Å². The van der Waals surface area contributed by atoms with Gasteiger partial charge in [-0.05, 0) is 44.2 Å². The number of morpholine rings is 2. The maximum Gasteiger partial charge on any atom is 0.0711 e. The Labute approximate surface area is 149 Å². The van der Waals surface area contributed by atoms with Gasteiger partial charge in [0.15, 0.2) is 0 Å². The lowest BCUT2D eigenvalue weighted by molar-refractivity contribution is -0.110. The fourth-order valence-electron chi connectivity index (χ4n) is 4.34. The van der Waals surface area contributed by atoms with Crippen LogP contribution in [0.4, 0.5) is 0 Å². The van der Waals surface area contributed by atoms with Crippen LogP contribution in [0.15, 0.2) is 0 Å². The van der Waals surface area contributed by atoms with Crippen molar-refractivity contribution in [3.63, 3.8) is 0 Å². The monoisotopic (exact) mass is 340 g/mol. The van der Waals surface area contributed by atoms with Gasteiger partial charge in [0.2, 0.25) is 0 Å². The molecule has 142 valence electrons. The van der Waals surface area contributed by atoms with Crippen LogP contribution < -0.4 is 0 Å². The standard InChI is InChI=1S/C20H40N2O2/c1-19(2,3)10-17-14-22(7)15-18(24-17)12-20(4,5)11-16-13-21(6)8-9-23-16/h16-18H,8-15H2,1-7H3/t16-,17+,18?/m1/s1. The maximum atomic E-state index is 6.49. The number of hydrogen-bond acceptors (Lipinski definition) is 4. The predicted octanol–water partition coefficient (Wildman–Crippen LogP) is 3.26. The molecule has 2 rings (SSSR count). The van der Waals surface area contributed by atoms with Crippen molar-refractivity contribution in [2.75, 3.05) is 46.9 Å². The first-order valence-corrected chi connectivity index (χ1v) is 9.67. The Morgan fingerprint density at radius 3 is 1.92 bits per heavy atom. The van der Waals surface area contributed by atoms with Gasteiger partial charge in [-0.3, -0.25) is 0 Å². The van der Waals surface area contributed by atoms with Crippen molar-refractivity contribution in [1.29, 1.82) is 0 Å². The smallest absolute Gasteiger partial charge is 0.0711 e. The SMILES string of the molecule is CN1CCO[C@H](CC(C)(C)CC2CN(C)C[C@H](CC(C)(C)C)O2)C1. The second-order valence-electron chi connectivity index (χ2n) is 10.2. The minimum Gasteiger partial charge on any atom is -0.376 e. The molecule has 2 saturated heterocycles. The van der Waals surface area contributed by atoms with E-state index in [2.05, 4.69) is 58.5 Å². The lowest BCUT2D eigenvalue weighted by atomic mass is 9.80. The van der Waals surface area contributed by atoms with Gasteiger partial charge in [0.1, 0.15) is 0 Å². The predicted molar refractivity (Wildman–Crippen MR) is 100 cm³/mol. The minimum atomic E-state index is 0.248. The first-order chi connectivity index (χ1) is 11.0. The third-order valence-electron chi connectivity index (χ3n) is 5.16. The first-order valence-electron chi connectivity index (χ1n) is 9.67. The topological polar surface area (TPSA) is 24.9 Å². The summed E-state index contributed by atoms with van der Waals surface area (Å²) in [5.74, 6) is 0. The highest BCUT2D eigenvalue weighted by molar-refractivity contribution is 4.85. The Hall–Kier alpha value is -0.160. The van der Waals surface area contributed by atoms with Crippen LogP contribution in [0.25, 0.3) is 0 Å². The van der Waals surface area contributed by atoms with Crippen LogP contribution in [-0.2, 0) is 9.47 Å². The van der Waals surface area contributed by atoms with Crippen molar-refractivity contribution < 1.29 is 9.47 Å². The molecule has 2 aliphatic heterocycles. The molecule has 2 aliphatic rings. The van der Waals surface area contributed by atoms with E-state index in [9.17, 15) is 0 Å². The van der Waals surface area contributed by atoms with Gasteiger partial charge in [0.05, 0.1) is 24.9 Å². The molecule has 0 aromatic heterocycles. The normalized spacial score (nSPS) is 31.4. The summed E-state index contributed by atoms with van der Waals surface area (Å²) in [6.45, 7) is 16.8. The number of rotatable bonds is 5. The highest BCUT2D eigenvalue weighted by Gasteiger charge is 2.34. The maximum absolute atomic E-state index is 6.49. The van der Waals surface area contributed by atoms with Crippen LogP contribution in [0.2, 0.25) is 0 Å². The van der Waals surface area contributed by atoms with Crippen LogP contribution in [0.5, 0.6) is 0 Å². The molecule has 2 fully saturated rings. The average molecular weight is 341 g/mol. The van der Waals surface area contributed by atoms with E-state index < -0.39 is 0 Å². The Morgan fingerprint density at radius 2 is 1.33 bits per heavy atom. The first kappa shape index (κ1) is 20.2. The molecule has 0 radical (unpaired) electrons. The van der Waals surface area contributed by atoms with Crippen molar-refractivity contribution in [2.24, 2.45) is 10.8 Å². The molecule has 4 heteroatoms. The van der Waals surface area contributed by atoms with Gasteiger partial charge >= 0.3 is 0 Å². The summed E-state index contributed by atoms with van der Waals surface area (Å²) in [6, 6.07) is 0. The van der Waals surface area contributed by atoms with E-state index >= 15 is 0 Å². The Kier molecular flexibility index (Phi) is 6.74. The summed E-state index contributed by atoms with van der Waals surface area (Å²) in [5, 5.41) is 0. The second kappa shape index (κ2) is 8.03. The molecule has 24 heavy (non-hydrogen) atoms. The van der Waals surface area contributed by atoms with Gasteiger partial charge in [0, 0.05) is 26.2 Å². The quantitative estimate of drug-likeness (QED) is 0.767. The van der Waals surface area contributed by atoms with Crippen LogP contribution >= 0.6 is 0 Å². The molecular formula is C20H40N2O2. The molecule has 0 amide bonds. The van der Waals surface area contributed by atoms with Crippen molar-refractivity contribution in [3.05, 3.63) is 0 Å². The van der Waals surface area contributed by atoms with E-state index in [1.807, 2.05) is 0 Å². The van der Waals surface area contributed by atoms with E-state index in [0.29, 0.717) is 23.7 Å². The molecule has 0 saturated carbocycles. The van der Waals surface area contributed by atoms with Crippen molar-refractivity contribution in [3.8, 4) is 0 Å². The van der Waals surface area contributed by atoms with Gasteiger partial charge < -0.3 is 19.3 Å². The molecule has 2 heterocycles. The molecule has 0 aliphatic carbocycles. The second-order valence-corrected chi connectivity index (χ2v) is 10.2. The van der Waals surface area contributed by atoms with Crippen LogP contribution in [-0.4, -0.2) is 75.0 Å². The molecule has 0 aromatic carbocycles. The fourth-order valence-corrected chi connectivity index (χ4v) is 4.34. The van der Waals surface area contributed by atoms with Crippen LogP contribution in [0.1, 0.15) is 53.9 Å². The molecular weight excluding hydrogens is 300 g/mol. The third kappa shape index (κ3) is 6.99. The molecule has 0 spiro atoms. The van der Waals surface area contributed by atoms with Crippen molar-refractivity contribution >= 4 is 0 Å². The summed E-state index contributed by atoms with van der Waals surface area (Å²) in [4.78, 5) is 4.83. The highest BCUT2D eigenvalue weighted by Crippen LogP contribution is 2.34. The molecule has 0 N–H and O–H groups in total. The largest absolute Gasteiger partial charge is 0.376 e. The Bertz CT molecular complexity index is 392. The van der Waals surface area contributed by atoms with Gasteiger partial charge in [-0.1, -0.05) is 34.6 Å². The van der Waals surface area contributed by atoms with E-state index in [0.717, 1.165) is 52.0 Å². The zero-order chi connectivity index (χ0) is 18.0. The van der Waals surface area contributed by atoms with Gasteiger partial charge in [0.25, 0.3) is 0 Å². The summed E-state index contributed by atoms with van der Waals surface area (Å²) in [5.41, 5.74) is 0.571. The van der Waals surface area contributed by atoms with Crippen LogP contribution in [0.3, 0.4) is 0 Å². The third-order valence-corrected chi connectivity index (χ3v) is 5.16. The van der Waals surface area contributed by atoms with E-state index in [1.165, 1.54) is 0 Å². The zero-order valence-electron chi connectivity index (χ0n) is 17.1. The van der Waals surface area contributed by atoms with Crippen molar-refractivity contribution in [1.82, 2.24) is 9.80 Å². The Balaban J connectivity index is 1.87. The molecule has 0 bridgehead atoms. The molecule has 3 atom stereocenters. The summed E-state index contributed by atoms with van der Waals surface area (Å²) >= 11 is 0. The van der Waals surface area contributed by atoms with Gasteiger partial charge in [-0.15, -0.1) is 0 Å². The molecule has 4 nitrogen and oxygen atoms in total.